The van der Waals surface area contributed by atoms with Gasteiger partial charge in [-0.15, -0.1) is 0 Å². The highest BCUT2D eigenvalue weighted by Gasteiger charge is 2.44. The molecule has 0 aromatic heterocycles. The van der Waals surface area contributed by atoms with Crippen molar-refractivity contribution < 1.29 is 53.7 Å². The van der Waals surface area contributed by atoms with E-state index in [2.05, 4.69) is 46.5 Å². The van der Waals surface area contributed by atoms with Gasteiger partial charge in [0.1, 0.15) is 36.3 Å². The summed E-state index contributed by atoms with van der Waals surface area (Å²) in [5.41, 5.74) is 6.46. The normalized spacial score (nSPS) is 20.1. The van der Waals surface area contributed by atoms with Gasteiger partial charge in [-0.3, -0.25) is 33.6 Å². The molecule has 298 valence electrons. The Bertz CT molecular complexity index is 1540. The first kappa shape index (κ1) is 44.0. The summed E-state index contributed by atoms with van der Waals surface area (Å²) in [4.78, 5) is 106. The molecule has 0 saturated carbocycles. The number of aliphatic hydroxyl groups is 1. The molecule has 1 aromatic rings. The Morgan fingerprint density at radius 2 is 1.37 bits per heavy atom. The summed E-state index contributed by atoms with van der Waals surface area (Å²) in [5, 5.41) is 39.0. The van der Waals surface area contributed by atoms with Gasteiger partial charge in [-0.05, 0) is 44.6 Å². The van der Waals surface area contributed by atoms with Gasteiger partial charge in [0.05, 0.1) is 12.1 Å². The molecule has 2 saturated heterocycles. The number of aliphatic carboxylic acids is 2. The number of benzene rings is 1. The zero-order valence-corrected chi connectivity index (χ0v) is 31.5. The van der Waals surface area contributed by atoms with Gasteiger partial charge in [-0.25, -0.2) is 4.79 Å². The molecule has 2 heterocycles. The SMILES string of the molecule is C[C@@H](O)[C@H](NC(=O)[C@@H]1CCCN1C(=O)[C@@H]1CCCN1C(=O)[C@@H](N)CS)C(=O)N[C@@H](CCC(=O)O)C(=O)N[C@@H](Cc1ccccc1)C(=O)N[C@@H](CS)C(=O)O. The van der Waals surface area contributed by atoms with Crippen LogP contribution >= 0.6 is 25.3 Å². The van der Waals surface area contributed by atoms with E-state index in [1.165, 1.54) is 16.7 Å². The van der Waals surface area contributed by atoms with Crippen LogP contribution in [-0.2, 0) is 44.8 Å². The van der Waals surface area contributed by atoms with Crippen LogP contribution in [0.15, 0.2) is 30.3 Å². The minimum absolute atomic E-state index is 0.0832. The van der Waals surface area contributed by atoms with Crippen LogP contribution in [-0.4, -0.2) is 145 Å². The number of likely N-dealkylation sites (tertiary alicyclic amines) is 2. The number of aliphatic hydroxyl groups excluding tert-OH is 1. The van der Waals surface area contributed by atoms with Crippen LogP contribution in [0.4, 0.5) is 0 Å². The number of rotatable bonds is 19. The molecule has 0 unspecified atom stereocenters. The van der Waals surface area contributed by atoms with Gasteiger partial charge in [0.25, 0.3) is 0 Å². The Labute approximate surface area is 323 Å². The fraction of sp³-hybridized carbons (Fsp3) is 0.588. The number of thiol groups is 2. The molecule has 54 heavy (non-hydrogen) atoms. The van der Waals surface area contributed by atoms with E-state index < -0.39 is 109 Å². The molecular formula is C34H49N7O11S2. The molecule has 1 aromatic carbocycles. The predicted octanol–water partition coefficient (Wildman–Crippen LogP) is -2.33. The summed E-state index contributed by atoms with van der Waals surface area (Å²) in [5.74, 6) is -7.42. The number of carbonyl (C=O) groups excluding carboxylic acids is 6. The number of amides is 6. The quantitative estimate of drug-likeness (QED) is 0.0661. The van der Waals surface area contributed by atoms with Crippen molar-refractivity contribution in [2.75, 3.05) is 24.6 Å². The number of hydrogen-bond acceptors (Lipinski definition) is 12. The maximum atomic E-state index is 13.7. The van der Waals surface area contributed by atoms with Crippen molar-refractivity contribution in [3.8, 4) is 0 Å². The van der Waals surface area contributed by atoms with Crippen LogP contribution in [0.5, 0.6) is 0 Å². The van der Waals surface area contributed by atoms with Crippen LogP contribution in [0.25, 0.3) is 0 Å². The zero-order chi connectivity index (χ0) is 40.1. The van der Waals surface area contributed by atoms with E-state index in [-0.39, 0.29) is 30.9 Å². The lowest BCUT2D eigenvalue weighted by Gasteiger charge is -2.33. The number of hydrogen-bond donors (Lipinski definition) is 10. The van der Waals surface area contributed by atoms with Crippen molar-refractivity contribution in [1.29, 1.82) is 0 Å². The van der Waals surface area contributed by atoms with Gasteiger partial charge < -0.3 is 52.1 Å². The second-order valence-electron chi connectivity index (χ2n) is 13.2. The third kappa shape index (κ3) is 12.1. The van der Waals surface area contributed by atoms with Crippen molar-refractivity contribution in [1.82, 2.24) is 31.1 Å². The molecule has 9 N–H and O–H groups in total. The highest BCUT2D eigenvalue weighted by atomic mass is 32.1. The summed E-state index contributed by atoms with van der Waals surface area (Å²) in [6, 6.07) is -0.358. The van der Waals surface area contributed by atoms with Crippen LogP contribution in [0, 0.1) is 0 Å². The highest BCUT2D eigenvalue weighted by molar-refractivity contribution is 7.80. The topological polar surface area (TPSA) is 278 Å². The van der Waals surface area contributed by atoms with Gasteiger partial charge in [0.2, 0.25) is 35.4 Å². The van der Waals surface area contributed by atoms with Crippen molar-refractivity contribution in [2.24, 2.45) is 5.73 Å². The van der Waals surface area contributed by atoms with Crippen molar-refractivity contribution in [2.45, 2.75) is 100 Å². The first-order valence-electron chi connectivity index (χ1n) is 17.6. The molecule has 8 atom stereocenters. The number of carbonyl (C=O) groups is 8. The number of carboxylic acids is 2. The minimum Gasteiger partial charge on any atom is -0.481 e. The molecule has 0 spiro atoms. The average molecular weight is 796 g/mol. The van der Waals surface area contributed by atoms with E-state index in [1.54, 1.807) is 30.3 Å². The fourth-order valence-corrected chi connectivity index (χ4v) is 6.72. The molecule has 0 bridgehead atoms. The lowest BCUT2D eigenvalue weighted by atomic mass is 10.0. The molecular weight excluding hydrogens is 747 g/mol. The number of nitrogens with zero attached hydrogens (tertiary/aromatic N) is 2. The van der Waals surface area contributed by atoms with Crippen molar-refractivity contribution in [3.63, 3.8) is 0 Å². The van der Waals surface area contributed by atoms with Gasteiger partial charge in [0.15, 0.2) is 0 Å². The van der Waals surface area contributed by atoms with E-state index in [0.717, 1.165) is 0 Å². The highest BCUT2D eigenvalue weighted by Crippen LogP contribution is 2.26. The lowest BCUT2D eigenvalue weighted by Crippen LogP contribution is -2.61. The monoisotopic (exact) mass is 795 g/mol. The average Bonchev–Trinajstić information content (AvgIpc) is 3.84. The molecule has 3 rings (SSSR count). The third-order valence-electron chi connectivity index (χ3n) is 9.23. The van der Waals surface area contributed by atoms with Crippen LogP contribution < -0.4 is 27.0 Å². The van der Waals surface area contributed by atoms with E-state index in [0.29, 0.717) is 31.4 Å². The van der Waals surface area contributed by atoms with Gasteiger partial charge in [0, 0.05) is 37.4 Å². The van der Waals surface area contributed by atoms with Gasteiger partial charge in [-0.1, -0.05) is 30.3 Å². The standard InChI is InChI=1S/C34H49N7O11S2/c1-18(42)27(39-30(47)24-9-5-13-40(24)33(50)25-10-6-14-41(25)32(49)20(35)16-53)31(48)36-21(11-12-26(43)44)28(45)37-22(15-19-7-3-2-4-8-19)29(46)38-23(17-54)34(51)52/h2-4,7-8,18,20-25,27,42,53-54H,5-6,9-17,35H2,1H3,(H,36,48)(H,37,45)(H,38,46)(H,39,47)(H,43,44)(H,51,52)/t18-,20+,21+,22+,23+,24+,25+,27+/m1/s1. The Balaban J connectivity index is 1.78. The van der Waals surface area contributed by atoms with Crippen LogP contribution in [0.3, 0.4) is 0 Å². The maximum Gasteiger partial charge on any atom is 0.327 e. The van der Waals surface area contributed by atoms with E-state index in [9.17, 15) is 53.7 Å². The van der Waals surface area contributed by atoms with E-state index >= 15 is 0 Å². The molecule has 18 nitrogen and oxygen atoms in total. The number of carboxylic acid groups (broad SMARTS) is 2. The van der Waals surface area contributed by atoms with Gasteiger partial charge in [-0.2, -0.15) is 25.3 Å². The van der Waals surface area contributed by atoms with E-state index in [4.69, 9.17) is 5.73 Å². The summed E-state index contributed by atoms with van der Waals surface area (Å²) in [6.45, 7) is 1.73. The van der Waals surface area contributed by atoms with Crippen molar-refractivity contribution >= 4 is 72.6 Å². The smallest absolute Gasteiger partial charge is 0.327 e. The molecule has 0 radical (unpaired) electrons. The first-order valence-corrected chi connectivity index (χ1v) is 18.8. The molecule has 0 aliphatic carbocycles. The summed E-state index contributed by atoms with van der Waals surface area (Å²) in [6.07, 6.45) is -1.08. The second kappa shape index (κ2) is 20.9. The molecule has 2 aliphatic rings. The first-order chi connectivity index (χ1) is 25.6. The molecule has 20 heteroatoms. The van der Waals surface area contributed by atoms with Crippen LogP contribution in [0.1, 0.15) is 51.0 Å². The molecule has 2 aliphatic heterocycles. The summed E-state index contributed by atoms with van der Waals surface area (Å²) in [7, 11) is 0. The lowest BCUT2D eigenvalue weighted by molar-refractivity contribution is -0.147. The molecule has 2 fully saturated rings. The van der Waals surface area contributed by atoms with E-state index in [1.807, 2.05) is 0 Å². The third-order valence-corrected chi connectivity index (χ3v) is 9.99. The Kier molecular flexibility index (Phi) is 17.0. The largest absolute Gasteiger partial charge is 0.481 e. The second-order valence-corrected chi connectivity index (χ2v) is 14.0. The van der Waals surface area contributed by atoms with Gasteiger partial charge >= 0.3 is 11.9 Å². The van der Waals surface area contributed by atoms with Crippen molar-refractivity contribution in [3.05, 3.63) is 35.9 Å². The Morgan fingerprint density at radius 1 is 0.796 bits per heavy atom. The summed E-state index contributed by atoms with van der Waals surface area (Å²) < 4.78 is 0. The fourth-order valence-electron chi connectivity index (χ4n) is 6.31. The van der Waals surface area contributed by atoms with Crippen LogP contribution in [0.2, 0.25) is 0 Å². The maximum absolute atomic E-state index is 13.7. The number of nitrogens with one attached hydrogen (secondary N) is 4. The summed E-state index contributed by atoms with van der Waals surface area (Å²) >= 11 is 8.03. The Morgan fingerprint density at radius 3 is 1.94 bits per heavy atom. The number of nitrogens with two attached hydrogens (primary N) is 1. The predicted molar refractivity (Wildman–Crippen MR) is 199 cm³/mol. The zero-order valence-electron chi connectivity index (χ0n) is 29.8. The Hall–Kier alpha value is -4.40. The molecule has 6 amide bonds. The minimum atomic E-state index is -1.66.